The fourth-order valence-corrected chi connectivity index (χ4v) is 1.87. The van der Waals surface area contributed by atoms with Crippen molar-refractivity contribution in [3.8, 4) is 0 Å². The van der Waals surface area contributed by atoms with Gasteiger partial charge in [0.05, 0.1) is 10.8 Å². The Hall–Kier alpha value is -0.640. The molecule has 3 nitrogen and oxygen atoms in total. The zero-order chi connectivity index (χ0) is 7.84. The summed E-state index contributed by atoms with van der Waals surface area (Å²) in [5.41, 5.74) is 0. The normalized spacial score (nSPS) is 20.1. The van der Waals surface area contributed by atoms with Crippen molar-refractivity contribution in [1.29, 1.82) is 0 Å². The second-order valence-electron chi connectivity index (χ2n) is 2.80. The maximum Gasteiger partial charge on any atom is 0.198 e. The summed E-state index contributed by atoms with van der Waals surface area (Å²) in [6.07, 6.45) is 7.71. The van der Waals surface area contributed by atoms with Crippen LogP contribution in [0.1, 0.15) is 18.9 Å². The van der Waals surface area contributed by atoms with Gasteiger partial charge in [-0.05, 0) is 12.8 Å². The summed E-state index contributed by atoms with van der Waals surface area (Å²) in [7, 11) is -0.938. The first-order valence-electron chi connectivity index (χ1n) is 3.65. The zero-order valence-corrected chi connectivity index (χ0v) is 7.17. The van der Waals surface area contributed by atoms with Gasteiger partial charge in [-0.2, -0.15) is 0 Å². The van der Waals surface area contributed by atoms with Crippen molar-refractivity contribution in [1.82, 2.24) is 9.55 Å². The van der Waals surface area contributed by atoms with E-state index >= 15 is 0 Å². The third-order valence-electron chi connectivity index (χ3n) is 1.83. The van der Waals surface area contributed by atoms with E-state index in [1.54, 1.807) is 12.5 Å². The summed E-state index contributed by atoms with van der Waals surface area (Å²) >= 11 is 0. The molecule has 1 aromatic heterocycles. The van der Waals surface area contributed by atoms with Gasteiger partial charge in [0.15, 0.2) is 5.16 Å². The lowest BCUT2D eigenvalue weighted by atomic mass is 10.7. The molecule has 0 saturated heterocycles. The van der Waals surface area contributed by atoms with Crippen LogP contribution in [0.4, 0.5) is 0 Å². The predicted molar refractivity (Wildman–Crippen MR) is 42.8 cm³/mol. The number of aromatic nitrogens is 2. The van der Waals surface area contributed by atoms with Crippen LogP contribution in [0, 0.1) is 0 Å². The monoisotopic (exact) mass is 170 g/mol. The smallest absolute Gasteiger partial charge is 0.198 e. The molecular weight excluding hydrogens is 160 g/mol. The number of hydrogen-bond donors (Lipinski definition) is 0. The second kappa shape index (κ2) is 2.44. The summed E-state index contributed by atoms with van der Waals surface area (Å²) in [4.78, 5) is 4.04. The third kappa shape index (κ3) is 1.22. The van der Waals surface area contributed by atoms with Crippen LogP contribution in [0.25, 0.3) is 0 Å². The van der Waals surface area contributed by atoms with Gasteiger partial charge in [0.1, 0.15) is 0 Å². The molecule has 4 heteroatoms. The molecule has 2 rings (SSSR count). The molecule has 1 fully saturated rings. The number of hydrogen-bond acceptors (Lipinski definition) is 2. The molecule has 60 valence electrons. The Bertz CT molecular complexity index is 290. The second-order valence-corrected chi connectivity index (χ2v) is 4.08. The highest BCUT2D eigenvalue weighted by Gasteiger charge is 2.26. The van der Waals surface area contributed by atoms with Gasteiger partial charge in [-0.15, -0.1) is 0 Å². The standard InChI is InChI=1S/C7H10N2OS/c1-11(10)7-8-4-5-9(7)6-2-3-6/h4-6H,2-3H2,1H3. The summed E-state index contributed by atoms with van der Waals surface area (Å²) in [6, 6.07) is 0.580. The summed E-state index contributed by atoms with van der Waals surface area (Å²) < 4.78 is 13.1. The van der Waals surface area contributed by atoms with E-state index < -0.39 is 10.8 Å². The van der Waals surface area contributed by atoms with Crippen molar-refractivity contribution in [2.45, 2.75) is 24.0 Å². The fourth-order valence-electron chi connectivity index (χ4n) is 1.15. The highest BCUT2D eigenvalue weighted by molar-refractivity contribution is 7.84. The Morgan fingerprint density at radius 3 is 3.00 bits per heavy atom. The summed E-state index contributed by atoms with van der Waals surface area (Å²) in [5.74, 6) is 0. The molecule has 1 unspecified atom stereocenters. The molecule has 1 atom stereocenters. The molecule has 0 radical (unpaired) electrons. The van der Waals surface area contributed by atoms with E-state index in [0.29, 0.717) is 11.2 Å². The molecule has 0 bridgehead atoms. The average Bonchev–Trinajstić information content (AvgIpc) is 2.68. The molecular formula is C7H10N2OS. The van der Waals surface area contributed by atoms with Crippen molar-refractivity contribution in [2.24, 2.45) is 0 Å². The van der Waals surface area contributed by atoms with Crippen LogP contribution in [-0.4, -0.2) is 20.0 Å². The lowest BCUT2D eigenvalue weighted by Crippen LogP contribution is -2.01. The van der Waals surface area contributed by atoms with Gasteiger partial charge in [0, 0.05) is 24.7 Å². The van der Waals surface area contributed by atoms with Gasteiger partial charge >= 0.3 is 0 Å². The van der Waals surface area contributed by atoms with Gasteiger partial charge in [-0.25, -0.2) is 4.98 Å². The van der Waals surface area contributed by atoms with Crippen molar-refractivity contribution in [2.75, 3.05) is 6.26 Å². The number of rotatable bonds is 2. The van der Waals surface area contributed by atoms with E-state index in [1.807, 2.05) is 10.8 Å². The molecule has 0 aliphatic heterocycles. The minimum Gasteiger partial charge on any atom is -0.321 e. The average molecular weight is 170 g/mol. The molecule has 1 aromatic rings. The molecule has 11 heavy (non-hydrogen) atoms. The van der Waals surface area contributed by atoms with Crippen molar-refractivity contribution < 1.29 is 4.21 Å². The number of nitrogens with zero attached hydrogens (tertiary/aromatic N) is 2. The molecule has 1 aliphatic carbocycles. The van der Waals surface area contributed by atoms with E-state index in [2.05, 4.69) is 4.98 Å². The van der Waals surface area contributed by atoms with Crippen LogP contribution >= 0.6 is 0 Å². The van der Waals surface area contributed by atoms with Crippen LogP contribution in [0.3, 0.4) is 0 Å². The lowest BCUT2D eigenvalue weighted by molar-refractivity contribution is 0.632. The first-order chi connectivity index (χ1) is 5.29. The molecule has 1 heterocycles. The Kier molecular flexibility index (Phi) is 1.56. The maximum atomic E-state index is 11.1. The molecule has 0 N–H and O–H groups in total. The van der Waals surface area contributed by atoms with Crippen LogP contribution in [0.2, 0.25) is 0 Å². The van der Waals surface area contributed by atoms with E-state index in [9.17, 15) is 4.21 Å². The Morgan fingerprint density at radius 2 is 2.45 bits per heavy atom. The first kappa shape index (κ1) is 7.03. The summed E-state index contributed by atoms with van der Waals surface area (Å²) in [5, 5.41) is 0.715. The van der Waals surface area contributed by atoms with Crippen molar-refractivity contribution in [3.05, 3.63) is 12.4 Å². The van der Waals surface area contributed by atoms with Gasteiger partial charge in [0.2, 0.25) is 0 Å². The Morgan fingerprint density at radius 1 is 1.73 bits per heavy atom. The van der Waals surface area contributed by atoms with Crippen molar-refractivity contribution in [3.63, 3.8) is 0 Å². The third-order valence-corrected chi connectivity index (χ3v) is 2.66. The first-order valence-corrected chi connectivity index (χ1v) is 5.21. The van der Waals surface area contributed by atoms with Crippen LogP contribution in [0.5, 0.6) is 0 Å². The maximum absolute atomic E-state index is 11.1. The number of imidazole rings is 1. The van der Waals surface area contributed by atoms with Crippen LogP contribution in [0.15, 0.2) is 17.6 Å². The van der Waals surface area contributed by atoms with Gasteiger partial charge in [-0.3, -0.25) is 4.21 Å². The Balaban J connectivity index is 2.37. The highest BCUT2D eigenvalue weighted by atomic mass is 32.2. The van der Waals surface area contributed by atoms with Crippen LogP contribution in [-0.2, 0) is 10.8 Å². The SMILES string of the molecule is CS(=O)c1nccn1C1CC1. The summed E-state index contributed by atoms with van der Waals surface area (Å²) in [6.45, 7) is 0. The van der Waals surface area contributed by atoms with E-state index in [0.717, 1.165) is 0 Å². The van der Waals surface area contributed by atoms with E-state index in [-0.39, 0.29) is 0 Å². The molecule has 1 saturated carbocycles. The molecule has 0 aromatic carbocycles. The molecule has 0 amide bonds. The topological polar surface area (TPSA) is 34.9 Å². The minimum atomic E-state index is -0.938. The predicted octanol–water partition coefficient (Wildman–Crippen LogP) is 0.955. The van der Waals surface area contributed by atoms with E-state index in [4.69, 9.17) is 0 Å². The molecule has 0 spiro atoms. The fraction of sp³-hybridized carbons (Fsp3) is 0.571. The highest BCUT2D eigenvalue weighted by Crippen LogP contribution is 2.35. The lowest BCUT2D eigenvalue weighted by Gasteiger charge is -2.00. The van der Waals surface area contributed by atoms with Gasteiger partial charge in [0.25, 0.3) is 0 Å². The minimum absolute atomic E-state index is 0.580. The van der Waals surface area contributed by atoms with Crippen LogP contribution < -0.4 is 0 Å². The van der Waals surface area contributed by atoms with Crippen molar-refractivity contribution >= 4 is 10.8 Å². The zero-order valence-electron chi connectivity index (χ0n) is 6.36. The largest absolute Gasteiger partial charge is 0.321 e. The quantitative estimate of drug-likeness (QED) is 0.662. The van der Waals surface area contributed by atoms with Gasteiger partial charge < -0.3 is 4.57 Å². The molecule has 1 aliphatic rings. The van der Waals surface area contributed by atoms with Gasteiger partial charge in [-0.1, -0.05) is 0 Å². The van der Waals surface area contributed by atoms with E-state index in [1.165, 1.54) is 12.8 Å². The Labute approximate surface area is 67.9 Å².